The highest BCUT2D eigenvalue weighted by Crippen LogP contribution is 2.35. The SMILES string of the molecule is CC(C)CCCC(C)(CBr)C(C)C. The molecule has 0 nitrogen and oxygen atoms in total. The van der Waals surface area contributed by atoms with Gasteiger partial charge in [-0.15, -0.1) is 0 Å². The molecule has 0 aliphatic heterocycles. The van der Waals surface area contributed by atoms with Crippen LogP contribution in [0.1, 0.15) is 53.9 Å². The topological polar surface area (TPSA) is 0 Å². The van der Waals surface area contributed by atoms with Crippen LogP contribution in [-0.2, 0) is 0 Å². The van der Waals surface area contributed by atoms with Gasteiger partial charge in [0.1, 0.15) is 0 Å². The minimum absolute atomic E-state index is 0.495. The number of halogens is 1. The number of rotatable bonds is 6. The molecule has 0 heterocycles. The van der Waals surface area contributed by atoms with Gasteiger partial charge in [-0.3, -0.25) is 0 Å². The Bertz CT molecular complexity index is 129. The Morgan fingerprint density at radius 3 is 2.00 bits per heavy atom. The van der Waals surface area contributed by atoms with E-state index in [2.05, 4.69) is 50.5 Å². The average Bonchev–Trinajstić information content (AvgIpc) is 2.03. The first-order chi connectivity index (χ1) is 5.92. The molecule has 80 valence electrons. The Hall–Kier alpha value is 0.480. The lowest BCUT2D eigenvalue weighted by molar-refractivity contribution is 0.227. The maximum Gasteiger partial charge on any atom is 0.00877 e. The molecule has 0 aliphatic rings. The summed E-state index contributed by atoms with van der Waals surface area (Å²) in [5.74, 6) is 1.63. The molecule has 0 aromatic rings. The van der Waals surface area contributed by atoms with E-state index in [1.807, 2.05) is 0 Å². The third kappa shape index (κ3) is 5.05. The van der Waals surface area contributed by atoms with Crippen molar-refractivity contribution in [2.75, 3.05) is 5.33 Å². The minimum atomic E-state index is 0.495. The minimum Gasteiger partial charge on any atom is -0.0922 e. The number of hydrogen-bond acceptors (Lipinski definition) is 0. The van der Waals surface area contributed by atoms with E-state index in [1.165, 1.54) is 19.3 Å². The van der Waals surface area contributed by atoms with Crippen molar-refractivity contribution < 1.29 is 0 Å². The maximum absolute atomic E-state index is 3.64. The summed E-state index contributed by atoms with van der Waals surface area (Å²) in [6.45, 7) is 11.7. The fourth-order valence-corrected chi connectivity index (χ4v) is 2.35. The highest BCUT2D eigenvalue weighted by atomic mass is 79.9. The number of hydrogen-bond donors (Lipinski definition) is 0. The van der Waals surface area contributed by atoms with Gasteiger partial charge in [-0.2, -0.15) is 0 Å². The molecule has 0 bridgehead atoms. The summed E-state index contributed by atoms with van der Waals surface area (Å²) in [6.07, 6.45) is 4.10. The predicted octanol–water partition coefficient (Wildman–Crippen LogP) is 4.87. The van der Waals surface area contributed by atoms with Gasteiger partial charge in [-0.1, -0.05) is 63.4 Å². The zero-order valence-electron chi connectivity index (χ0n) is 9.86. The third-order valence-corrected chi connectivity index (χ3v) is 4.51. The first-order valence-electron chi connectivity index (χ1n) is 5.48. The van der Waals surface area contributed by atoms with Crippen LogP contribution in [0.4, 0.5) is 0 Å². The van der Waals surface area contributed by atoms with Crippen molar-refractivity contribution in [2.24, 2.45) is 17.3 Å². The summed E-state index contributed by atoms with van der Waals surface area (Å²) in [5, 5.41) is 1.13. The van der Waals surface area contributed by atoms with Gasteiger partial charge >= 0.3 is 0 Å². The Morgan fingerprint density at radius 1 is 1.15 bits per heavy atom. The van der Waals surface area contributed by atoms with Gasteiger partial charge in [-0.05, 0) is 23.7 Å². The molecule has 0 spiro atoms. The third-order valence-electron chi connectivity index (χ3n) is 3.23. The average molecular weight is 249 g/mol. The van der Waals surface area contributed by atoms with Gasteiger partial charge in [0.2, 0.25) is 0 Å². The van der Waals surface area contributed by atoms with Crippen LogP contribution >= 0.6 is 15.9 Å². The van der Waals surface area contributed by atoms with Crippen LogP contribution in [-0.4, -0.2) is 5.33 Å². The molecule has 0 amide bonds. The summed E-state index contributed by atoms with van der Waals surface area (Å²) >= 11 is 3.64. The second-order valence-electron chi connectivity index (χ2n) is 5.23. The molecule has 0 N–H and O–H groups in total. The zero-order chi connectivity index (χ0) is 10.5. The summed E-state index contributed by atoms with van der Waals surface area (Å²) < 4.78 is 0. The molecule has 13 heavy (non-hydrogen) atoms. The Morgan fingerprint density at radius 2 is 1.69 bits per heavy atom. The molecular weight excluding hydrogens is 224 g/mol. The van der Waals surface area contributed by atoms with Crippen LogP contribution in [0.2, 0.25) is 0 Å². The van der Waals surface area contributed by atoms with Gasteiger partial charge in [-0.25, -0.2) is 0 Å². The first kappa shape index (κ1) is 13.5. The van der Waals surface area contributed by atoms with Crippen LogP contribution in [0.3, 0.4) is 0 Å². The lowest BCUT2D eigenvalue weighted by Crippen LogP contribution is -2.25. The molecule has 0 radical (unpaired) electrons. The van der Waals surface area contributed by atoms with Crippen molar-refractivity contribution in [2.45, 2.75) is 53.9 Å². The lowest BCUT2D eigenvalue weighted by atomic mass is 9.76. The Balaban J connectivity index is 3.84. The maximum atomic E-state index is 3.64. The van der Waals surface area contributed by atoms with Gasteiger partial charge in [0.15, 0.2) is 0 Å². The van der Waals surface area contributed by atoms with E-state index in [9.17, 15) is 0 Å². The second kappa shape index (κ2) is 6.06. The smallest absolute Gasteiger partial charge is 0.00877 e. The molecule has 1 atom stereocenters. The van der Waals surface area contributed by atoms with E-state index in [0.717, 1.165) is 17.2 Å². The van der Waals surface area contributed by atoms with Crippen molar-refractivity contribution >= 4 is 15.9 Å². The van der Waals surface area contributed by atoms with Crippen LogP contribution in [0.25, 0.3) is 0 Å². The molecule has 0 aromatic heterocycles. The quantitative estimate of drug-likeness (QED) is 0.589. The van der Waals surface area contributed by atoms with Crippen molar-refractivity contribution in [1.29, 1.82) is 0 Å². The molecule has 0 aromatic carbocycles. The van der Waals surface area contributed by atoms with Gasteiger partial charge in [0.25, 0.3) is 0 Å². The fourth-order valence-electron chi connectivity index (χ4n) is 1.42. The van der Waals surface area contributed by atoms with Gasteiger partial charge in [0, 0.05) is 5.33 Å². The molecule has 0 saturated heterocycles. The predicted molar refractivity (Wildman–Crippen MR) is 65.4 cm³/mol. The number of alkyl halides is 1. The van der Waals surface area contributed by atoms with Crippen LogP contribution in [0.5, 0.6) is 0 Å². The molecular formula is C12H25Br. The van der Waals surface area contributed by atoms with Gasteiger partial charge < -0.3 is 0 Å². The van der Waals surface area contributed by atoms with E-state index in [-0.39, 0.29) is 0 Å². The monoisotopic (exact) mass is 248 g/mol. The second-order valence-corrected chi connectivity index (χ2v) is 5.79. The van der Waals surface area contributed by atoms with Crippen LogP contribution < -0.4 is 0 Å². The molecule has 0 rings (SSSR count). The summed E-state index contributed by atoms with van der Waals surface area (Å²) in [6, 6.07) is 0. The first-order valence-corrected chi connectivity index (χ1v) is 6.60. The zero-order valence-corrected chi connectivity index (χ0v) is 11.4. The van der Waals surface area contributed by atoms with Gasteiger partial charge in [0.05, 0.1) is 0 Å². The highest BCUT2D eigenvalue weighted by molar-refractivity contribution is 9.09. The van der Waals surface area contributed by atoms with Crippen molar-refractivity contribution in [3.05, 3.63) is 0 Å². The van der Waals surface area contributed by atoms with Crippen LogP contribution in [0.15, 0.2) is 0 Å². The van der Waals surface area contributed by atoms with Crippen LogP contribution in [0, 0.1) is 17.3 Å². The van der Waals surface area contributed by atoms with E-state index >= 15 is 0 Å². The summed E-state index contributed by atoms with van der Waals surface area (Å²) in [4.78, 5) is 0. The van der Waals surface area contributed by atoms with Crippen molar-refractivity contribution in [1.82, 2.24) is 0 Å². The summed E-state index contributed by atoms with van der Waals surface area (Å²) in [5.41, 5.74) is 0.495. The standard InChI is InChI=1S/C12H25Br/c1-10(2)7-6-8-12(5,9-13)11(3)4/h10-11H,6-9H2,1-5H3. The van der Waals surface area contributed by atoms with Crippen molar-refractivity contribution in [3.63, 3.8) is 0 Å². The molecule has 1 heteroatoms. The molecule has 0 saturated carbocycles. The summed E-state index contributed by atoms with van der Waals surface area (Å²) in [7, 11) is 0. The molecule has 0 fully saturated rings. The van der Waals surface area contributed by atoms with E-state index in [1.54, 1.807) is 0 Å². The lowest BCUT2D eigenvalue weighted by Gasteiger charge is -2.32. The largest absolute Gasteiger partial charge is 0.0922 e. The highest BCUT2D eigenvalue weighted by Gasteiger charge is 2.26. The van der Waals surface area contributed by atoms with E-state index in [0.29, 0.717) is 5.41 Å². The Labute approximate surface area is 92.6 Å². The fraction of sp³-hybridized carbons (Fsp3) is 1.00. The van der Waals surface area contributed by atoms with Crippen molar-refractivity contribution in [3.8, 4) is 0 Å². The normalized spacial score (nSPS) is 16.6. The van der Waals surface area contributed by atoms with E-state index < -0.39 is 0 Å². The Kier molecular flexibility index (Phi) is 6.28. The van der Waals surface area contributed by atoms with E-state index in [4.69, 9.17) is 0 Å². The molecule has 0 aliphatic carbocycles. The molecule has 1 unspecified atom stereocenters.